The van der Waals surface area contributed by atoms with E-state index in [-0.39, 0.29) is 23.8 Å². The van der Waals surface area contributed by atoms with Crippen LogP contribution in [-0.2, 0) is 17.5 Å². The quantitative estimate of drug-likeness (QED) is 0.800. The highest BCUT2D eigenvalue weighted by Crippen LogP contribution is 2.35. The number of halogens is 3. The van der Waals surface area contributed by atoms with Crippen molar-refractivity contribution in [1.29, 1.82) is 0 Å². The van der Waals surface area contributed by atoms with E-state index in [4.69, 9.17) is 0 Å². The highest BCUT2D eigenvalue weighted by molar-refractivity contribution is 5.76. The van der Waals surface area contributed by atoms with E-state index >= 15 is 0 Å². The number of alkyl halides is 3. The predicted octanol–water partition coefficient (Wildman–Crippen LogP) is 3.54. The molecule has 150 valence electrons. The number of benzene rings is 1. The molecule has 1 saturated carbocycles. The van der Waals surface area contributed by atoms with Crippen LogP contribution in [0.1, 0.15) is 44.1 Å². The first-order chi connectivity index (χ1) is 13.4. The second-order valence-electron chi connectivity index (χ2n) is 7.56. The standard InChI is InChI=1S/C19H22F3N5O/c20-19(21,22)15-8-3-6-14(11-15)18-23-25-27(24-18)12-17(28)26-10-4-7-13-5-1-2-9-16(13)26/h3,6,8,11,13,16H,1-2,4-5,7,9-10,12H2/t13-,16-/m0/s1. The van der Waals surface area contributed by atoms with E-state index in [1.165, 1.54) is 36.2 Å². The Balaban J connectivity index is 1.47. The Morgan fingerprint density at radius 3 is 2.75 bits per heavy atom. The van der Waals surface area contributed by atoms with Gasteiger partial charge in [-0.05, 0) is 48.9 Å². The number of likely N-dealkylation sites (tertiary alicyclic amines) is 1. The number of aromatic nitrogens is 4. The van der Waals surface area contributed by atoms with E-state index in [1.54, 1.807) is 0 Å². The SMILES string of the molecule is O=C(Cn1nnc(-c2cccc(C(F)(F)F)c2)n1)N1CCC[C@@H]2CCCC[C@@H]21. The maximum absolute atomic E-state index is 12.9. The minimum Gasteiger partial charge on any atom is -0.338 e. The van der Waals surface area contributed by atoms with Gasteiger partial charge in [-0.1, -0.05) is 25.0 Å². The molecule has 0 N–H and O–H groups in total. The summed E-state index contributed by atoms with van der Waals surface area (Å²) in [6.07, 6.45) is 2.34. The molecule has 1 saturated heterocycles. The van der Waals surface area contributed by atoms with Gasteiger partial charge >= 0.3 is 6.18 Å². The van der Waals surface area contributed by atoms with Crippen molar-refractivity contribution < 1.29 is 18.0 Å². The highest BCUT2D eigenvalue weighted by Gasteiger charge is 2.36. The zero-order valence-corrected chi connectivity index (χ0v) is 15.4. The number of piperidine rings is 1. The lowest BCUT2D eigenvalue weighted by atomic mass is 9.78. The summed E-state index contributed by atoms with van der Waals surface area (Å²) in [6.45, 7) is 0.699. The molecule has 0 spiro atoms. The summed E-state index contributed by atoms with van der Waals surface area (Å²) >= 11 is 0. The van der Waals surface area contributed by atoms with Crippen LogP contribution in [0.4, 0.5) is 13.2 Å². The Morgan fingerprint density at radius 1 is 1.14 bits per heavy atom. The van der Waals surface area contributed by atoms with E-state index in [2.05, 4.69) is 15.4 Å². The molecule has 0 radical (unpaired) electrons. The van der Waals surface area contributed by atoms with E-state index in [9.17, 15) is 18.0 Å². The molecule has 6 nitrogen and oxygen atoms in total. The summed E-state index contributed by atoms with van der Waals surface area (Å²) in [5.41, 5.74) is -0.548. The molecule has 1 aliphatic carbocycles. The van der Waals surface area contributed by atoms with Gasteiger partial charge in [0.2, 0.25) is 11.7 Å². The third kappa shape index (κ3) is 3.88. The van der Waals surface area contributed by atoms with Crippen molar-refractivity contribution in [2.75, 3.05) is 6.54 Å². The summed E-state index contributed by atoms with van der Waals surface area (Å²) in [7, 11) is 0. The average molecular weight is 393 g/mol. The number of carbonyl (C=O) groups is 1. The molecule has 2 aliphatic rings. The number of amides is 1. The average Bonchev–Trinajstić information content (AvgIpc) is 3.15. The number of rotatable bonds is 3. The Kier molecular flexibility index (Phi) is 5.07. The summed E-state index contributed by atoms with van der Waals surface area (Å²) in [5, 5.41) is 11.8. The van der Waals surface area contributed by atoms with Crippen molar-refractivity contribution in [3.63, 3.8) is 0 Å². The smallest absolute Gasteiger partial charge is 0.338 e. The Labute approximate surface area is 160 Å². The molecule has 2 fully saturated rings. The molecule has 28 heavy (non-hydrogen) atoms. The van der Waals surface area contributed by atoms with E-state index in [0.29, 0.717) is 12.0 Å². The van der Waals surface area contributed by atoms with Crippen molar-refractivity contribution in [1.82, 2.24) is 25.1 Å². The molecular formula is C19H22F3N5O. The summed E-state index contributed by atoms with van der Waals surface area (Å²) in [6, 6.07) is 5.08. The first-order valence-corrected chi connectivity index (χ1v) is 9.67. The molecule has 0 bridgehead atoms. The van der Waals surface area contributed by atoms with Gasteiger partial charge < -0.3 is 4.90 Å². The minimum atomic E-state index is -4.44. The lowest BCUT2D eigenvalue weighted by Gasteiger charge is -2.44. The fraction of sp³-hybridized carbons (Fsp3) is 0.579. The highest BCUT2D eigenvalue weighted by atomic mass is 19.4. The van der Waals surface area contributed by atoms with E-state index in [1.807, 2.05) is 4.90 Å². The summed E-state index contributed by atoms with van der Waals surface area (Å²) in [5.74, 6) is 0.605. The molecular weight excluding hydrogens is 371 g/mol. The number of hydrogen-bond acceptors (Lipinski definition) is 4. The van der Waals surface area contributed by atoms with Gasteiger partial charge in [0.15, 0.2) is 0 Å². The summed E-state index contributed by atoms with van der Waals surface area (Å²) in [4.78, 5) is 15.9. The van der Waals surface area contributed by atoms with Crippen LogP contribution in [0, 0.1) is 5.92 Å². The monoisotopic (exact) mass is 393 g/mol. The molecule has 1 amide bonds. The fourth-order valence-electron chi connectivity index (χ4n) is 4.41. The van der Waals surface area contributed by atoms with Crippen LogP contribution in [0.2, 0.25) is 0 Å². The number of fused-ring (bicyclic) bond motifs is 1. The largest absolute Gasteiger partial charge is 0.416 e. The molecule has 2 aromatic rings. The minimum absolute atomic E-state index is 0.0464. The van der Waals surface area contributed by atoms with Crippen LogP contribution in [0.25, 0.3) is 11.4 Å². The molecule has 1 aromatic heterocycles. The number of nitrogens with zero attached hydrogens (tertiary/aromatic N) is 5. The molecule has 4 rings (SSSR count). The third-order valence-electron chi connectivity index (χ3n) is 5.74. The lowest BCUT2D eigenvalue weighted by molar-refractivity contribution is -0.139. The van der Waals surface area contributed by atoms with Gasteiger partial charge in [0.1, 0.15) is 6.54 Å². The van der Waals surface area contributed by atoms with Crippen molar-refractivity contribution in [2.24, 2.45) is 5.92 Å². The molecule has 9 heteroatoms. The Hall–Kier alpha value is -2.45. The zero-order chi connectivity index (χ0) is 19.7. The number of hydrogen-bond donors (Lipinski definition) is 0. The molecule has 1 aromatic carbocycles. The Morgan fingerprint density at radius 2 is 1.93 bits per heavy atom. The molecule has 0 unspecified atom stereocenters. The van der Waals surface area contributed by atoms with Crippen molar-refractivity contribution in [2.45, 2.75) is 57.3 Å². The van der Waals surface area contributed by atoms with E-state index in [0.717, 1.165) is 37.9 Å². The summed E-state index contributed by atoms with van der Waals surface area (Å²) < 4.78 is 38.7. The number of carbonyl (C=O) groups excluding carboxylic acids is 1. The van der Waals surface area contributed by atoms with Gasteiger partial charge in [-0.3, -0.25) is 4.79 Å². The van der Waals surface area contributed by atoms with Gasteiger partial charge in [-0.25, -0.2) is 0 Å². The first-order valence-electron chi connectivity index (χ1n) is 9.67. The maximum Gasteiger partial charge on any atom is 0.416 e. The van der Waals surface area contributed by atoms with E-state index < -0.39 is 11.7 Å². The van der Waals surface area contributed by atoms with Crippen LogP contribution in [0.5, 0.6) is 0 Å². The van der Waals surface area contributed by atoms with Crippen LogP contribution in [0.3, 0.4) is 0 Å². The fourth-order valence-corrected chi connectivity index (χ4v) is 4.41. The second kappa shape index (κ2) is 7.52. The number of tetrazole rings is 1. The van der Waals surface area contributed by atoms with Crippen LogP contribution in [0.15, 0.2) is 24.3 Å². The predicted molar refractivity (Wildman–Crippen MR) is 94.9 cm³/mol. The molecule has 1 aliphatic heterocycles. The van der Waals surface area contributed by atoms with Gasteiger partial charge in [-0.15, -0.1) is 10.2 Å². The second-order valence-corrected chi connectivity index (χ2v) is 7.56. The molecule has 2 atom stereocenters. The van der Waals surface area contributed by atoms with Crippen molar-refractivity contribution in [3.05, 3.63) is 29.8 Å². The van der Waals surface area contributed by atoms with Crippen molar-refractivity contribution >= 4 is 5.91 Å². The first kappa shape index (κ1) is 18.9. The van der Waals surface area contributed by atoms with Gasteiger partial charge in [0.05, 0.1) is 5.56 Å². The topological polar surface area (TPSA) is 63.9 Å². The normalized spacial score (nSPS) is 22.8. The van der Waals surface area contributed by atoms with Gasteiger partial charge in [0.25, 0.3) is 0 Å². The zero-order valence-electron chi connectivity index (χ0n) is 15.4. The van der Waals surface area contributed by atoms with Crippen LogP contribution < -0.4 is 0 Å². The maximum atomic E-state index is 12.9. The lowest BCUT2D eigenvalue weighted by Crippen LogP contribution is -2.50. The van der Waals surface area contributed by atoms with Gasteiger partial charge in [-0.2, -0.15) is 18.0 Å². The van der Waals surface area contributed by atoms with Crippen LogP contribution in [-0.4, -0.2) is 43.6 Å². The third-order valence-corrected chi connectivity index (χ3v) is 5.74. The molecule has 2 heterocycles. The van der Waals surface area contributed by atoms with Crippen LogP contribution >= 0.6 is 0 Å². The van der Waals surface area contributed by atoms with Crippen molar-refractivity contribution in [3.8, 4) is 11.4 Å². The van der Waals surface area contributed by atoms with Gasteiger partial charge in [0, 0.05) is 18.2 Å². The Bertz CT molecular complexity index is 848.